The number of benzene rings is 3. The van der Waals surface area contributed by atoms with Gasteiger partial charge in [0.25, 0.3) is 5.91 Å². The van der Waals surface area contributed by atoms with Crippen molar-refractivity contribution in [2.24, 2.45) is 5.73 Å². The number of rotatable bonds is 6. The number of piperidine rings is 1. The molecule has 0 radical (unpaired) electrons. The van der Waals surface area contributed by atoms with Crippen LogP contribution in [0.5, 0.6) is 5.75 Å². The highest BCUT2D eigenvalue weighted by atomic mass is 35.5. The van der Waals surface area contributed by atoms with Crippen molar-refractivity contribution in [1.82, 2.24) is 4.90 Å². The van der Waals surface area contributed by atoms with Crippen LogP contribution in [0.3, 0.4) is 0 Å². The van der Waals surface area contributed by atoms with E-state index in [1.807, 2.05) is 66.7 Å². The number of carbonyl (C=O) groups excluding carboxylic acids is 2. The van der Waals surface area contributed by atoms with Gasteiger partial charge in [0, 0.05) is 39.1 Å². The lowest BCUT2D eigenvalue weighted by atomic mass is 9.72. The van der Waals surface area contributed by atoms with Crippen LogP contribution < -0.4 is 10.5 Å². The monoisotopic (exact) mass is 564 g/mol. The summed E-state index contributed by atoms with van der Waals surface area (Å²) >= 11 is 14.2. The first kappa shape index (κ1) is 26.3. The lowest BCUT2D eigenvalue weighted by Gasteiger charge is -2.40. The van der Waals surface area contributed by atoms with Crippen LogP contribution in [0.15, 0.2) is 78.9 Å². The summed E-state index contributed by atoms with van der Waals surface area (Å²) in [7, 11) is 1.62. The van der Waals surface area contributed by atoms with Crippen LogP contribution in [-0.2, 0) is 10.2 Å². The molecule has 0 aliphatic carbocycles. The maximum Gasteiger partial charge on any atom is 0.263 e. The molecule has 0 spiro atoms. The molecule has 0 unspecified atom stereocenters. The maximum atomic E-state index is 13.7. The Morgan fingerprint density at radius 1 is 0.921 bits per heavy atom. The van der Waals surface area contributed by atoms with Crippen LogP contribution in [0.25, 0.3) is 21.6 Å². The van der Waals surface area contributed by atoms with Crippen LogP contribution in [0.1, 0.15) is 28.1 Å². The largest absolute Gasteiger partial charge is 0.497 e. The van der Waals surface area contributed by atoms with E-state index in [-0.39, 0.29) is 11.8 Å². The molecule has 4 aromatic rings. The second-order valence-corrected chi connectivity index (χ2v) is 11.2. The highest BCUT2D eigenvalue weighted by molar-refractivity contribution is 7.18. The molecular weight excluding hydrogens is 539 g/mol. The summed E-state index contributed by atoms with van der Waals surface area (Å²) in [6.45, 7) is 0.868. The molecule has 38 heavy (non-hydrogen) atoms. The number of halogens is 2. The van der Waals surface area contributed by atoms with Gasteiger partial charge in [-0.3, -0.25) is 9.59 Å². The van der Waals surface area contributed by atoms with Crippen molar-refractivity contribution >= 4 is 46.4 Å². The van der Waals surface area contributed by atoms with Gasteiger partial charge in [-0.2, -0.15) is 0 Å². The van der Waals surface area contributed by atoms with E-state index in [1.54, 1.807) is 24.1 Å². The Labute approximate surface area is 235 Å². The molecule has 1 saturated heterocycles. The number of hydrogen-bond acceptors (Lipinski definition) is 4. The molecule has 0 atom stereocenters. The van der Waals surface area contributed by atoms with E-state index in [9.17, 15) is 9.59 Å². The zero-order chi connectivity index (χ0) is 26.9. The molecule has 2 N–H and O–H groups in total. The van der Waals surface area contributed by atoms with Crippen LogP contribution in [0, 0.1) is 0 Å². The summed E-state index contributed by atoms with van der Waals surface area (Å²) in [5.74, 6) is 0.318. The van der Waals surface area contributed by atoms with Gasteiger partial charge in [0.1, 0.15) is 5.75 Å². The van der Waals surface area contributed by atoms with Gasteiger partial charge in [-0.05, 0) is 66.4 Å². The number of methoxy groups -OCH3 is 1. The van der Waals surface area contributed by atoms with E-state index in [2.05, 4.69) is 0 Å². The summed E-state index contributed by atoms with van der Waals surface area (Å²) in [6, 6.07) is 24.6. The van der Waals surface area contributed by atoms with Crippen LogP contribution in [-0.4, -0.2) is 36.9 Å². The predicted octanol–water partition coefficient (Wildman–Crippen LogP) is 7.06. The molecule has 5 nitrogen and oxygen atoms in total. The van der Waals surface area contributed by atoms with E-state index < -0.39 is 5.41 Å². The minimum atomic E-state index is -0.774. The van der Waals surface area contributed by atoms with E-state index in [0.717, 1.165) is 32.9 Å². The predicted molar refractivity (Wildman–Crippen MR) is 154 cm³/mol. The summed E-state index contributed by atoms with van der Waals surface area (Å²) in [5, 5.41) is 1.05. The Bertz CT molecular complexity index is 1480. The van der Waals surface area contributed by atoms with Crippen LogP contribution >= 0.6 is 34.5 Å². The first-order valence-electron chi connectivity index (χ1n) is 12.2. The number of primary amides is 1. The molecular formula is C30H26Cl2N2O3S. The van der Waals surface area contributed by atoms with Gasteiger partial charge in [-0.1, -0.05) is 59.6 Å². The topological polar surface area (TPSA) is 72.6 Å². The summed E-state index contributed by atoms with van der Waals surface area (Å²) in [5.41, 5.74) is 8.63. The Morgan fingerprint density at radius 3 is 2.21 bits per heavy atom. The fourth-order valence-corrected chi connectivity index (χ4v) is 6.70. The van der Waals surface area contributed by atoms with Gasteiger partial charge in [0.15, 0.2) is 0 Å². The molecule has 0 bridgehead atoms. The molecule has 1 aromatic heterocycles. The van der Waals surface area contributed by atoms with Crippen molar-refractivity contribution in [2.45, 2.75) is 18.3 Å². The van der Waals surface area contributed by atoms with Crippen molar-refractivity contribution in [1.29, 1.82) is 0 Å². The lowest BCUT2D eigenvalue weighted by molar-refractivity contribution is -0.125. The number of amides is 2. The zero-order valence-electron chi connectivity index (χ0n) is 20.7. The molecule has 1 aliphatic rings. The standard InChI is InChI=1S/C30H26Cl2N2O3S/c1-37-22-10-7-19(8-11-22)27-24(23-12-9-21(31)17-25(23)32)18-26(38-27)28(35)34-15-13-30(14-16-34,29(33)36)20-5-3-2-4-6-20/h2-12,17-18H,13-16H2,1H3,(H2,33,36). The van der Waals surface area contributed by atoms with Gasteiger partial charge < -0.3 is 15.4 Å². The number of nitrogens with two attached hydrogens (primary N) is 1. The normalized spacial score (nSPS) is 14.8. The third kappa shape index (κ3) is 4.92. The van der Waals surface area contributed by atoms with E-state index in [4.69, 9.17) is 33.7 Å². The SMILES string of the molecule is COc1ccc(-c2sc(C(=O)N3CCC(C(N)=O)(c4ccccc4)CC3)cc2-c2ccc(Cl)cc2Cl)cc1. The number of likely N-dealkylation sites (tertiary alicyclic amines) is 1. The molecule has 1 fully saturated rings. The molecule has 194 valence electrons. The second-order valence-electron chi connectivity index (χ2n) is 9.31. The summed E-state index contributed by atoms with van der Waals surface area (Å²) in [4.78, 5) is 29.6. The Balaban J connectivity index is 1.48. The molecule has 3 aromatic carbocycles. The van der Waals surface area contributed by atoms with Gasteiger partial charge >= 0.3 is 0 Å². The number of ether oxygens (including phenoxy) is 1. The third-order valence-corrected chi connectivity index (χ3v) is 8.94. The minimum absolute atomic E-state index is 0.0766. The fraction of sp³-hybridized carbons (Fsp3) is 0.200. The van der Waals surface area contributed by atoms with Gasteiger partial charge in [0.2, 0.25) is 5.91 Å². The van der Waals surface area contributed by atoms with Crippen molar-refractivity contribution in [3.05, 3.63) is 99.3 Å². The number of carbonyl (C=O) groups is 2. The average Bonchev–Trinajstić information content (AvgIpc) is 3.38. The molecule has 8 heteroatoms. The summed E-state index contributed by atoms with van der Waals surface area (Å²) < 4.78 is 5.31. The average molecular weight is 566 g/mol. The highest BCUT2D eigenvalue weighted by Crippen LogP contribution is 2.44. The molecule has 5 rings (SSSR count). The number of hydrogen-bond donors (Lipinski definition) is 1. The third-order valence-electron chi connectivity index (χ3n) is 7.22. The first-order chi connectivity index (χ1) is 18.3. The maximum absolute atomic E-state index is 13.7. The second kappa shape index (κ2) is 10.8. The Kier molecular flexibility index (Phi) is 7.48. The smallest absolute Gasteiger partial charge is 0.263 e. The van der Waals surface area contributed by atoms with Gasteiger partial charge in [0.05, 0.1) is 17.4 Å². The molecule has 0 saturated carbocycles. The first-order valence-corrected chi connectivity index (χ1v) is 13.8. The van der Waals surface area contributed by atoms with Crippen LogP contribution in [0.4, 0.5) is 0 Å². The minimum Gasteiger partial charge on any atom is -0.497 e. The Morgan fingerprint density at radius 2 is 1.61 bits per heavy atom. The highest BCUT2D eigenvalue weighted by Gasteiger charge is 2.42. The summed E-state index contributed by atoms with van der Waals surface area (Å²) in [6.07, 6.45) is 0.954. The zero-order valence-corrected chi connectivity index (χ0v) is 23.1. The van der Waals surface area contributed by atoms with Crippen molar-refractivity contribution in [3.8, 4) is 27.3 Å². The molecule has 2 amide bonds. The van der Waals surface area contributed by atoms with Crippen LogP contribution in [0.2, 0.25) is 10.0 Å². The quantitative estimate of drug-likeness (QED) is 0.272. The Hall–Kier alpha value is -3.32. The van der Waals surface area contributed by atoms with Gasteiger partial charge in [-0.25, -0.2) is 0 Å². The number of thiophene rings is 1. The lowest BCUT2D eigenvalue weighted by Crippen LogP contribution is -2.51. The van der Waals surface area contributed by atoms with E-state index in [0.29, 0.717) is 40.9 Å². The molecule has 1 aliphatic heterocycles. The fourth-order valence-electron chi connectivity index (χ4n) is 5.04. The van der Waals surface area contributed by atoms with E-state index in [1.165, 1.54) is 11.3 Å². The van der Waals surface area contributed by atoms with E-state index >= 15 is 0 Å². The van der Waals surface area contributed by atoms with Crippen molar-refractivity contribution < 1.29 is 14.3 Å². The van der Waals surface area contributed by atoms with Crippen molar-refractivity contribution in [3.63, 3.8) is 0 Å². The number of nitrogens with zero attached hydrogens (tertiary/aromatic N) is 1. The molecule has 2 heterocycles. The van der Waals surface area contributed by atoms with Gasteiger partial charge in [-0.15, -0.1) is 11.3 Å². The van der Waals surface area contributed by atoms with Crippen molar-refractivity contribution in [2.75, 3.05) is 20.2 Å².